The summed E-state index contributed by atoms with van der Waals surface area (Å²) >= 11 is 0. The second-order valence-electron chi connectivity index (χ2n) is 7.85. The zero-order valence-corrected chi connectivity index (χ0v) is 21.3. The van der Waals surface area contributed by atoms with E-state index >= 15 is 0 Å². The van der Waals surface area contributed by atoms with Gasteiger partial charge in [-0.3, -0.25) is 6.08 Å². The third kappa shape index (κ3) is 7.95. The average molecular weight is 454 g/mol. The second kappa shape index (κ2) is 11.4. The van der Waals surface area contributed by atoms with Crippen LogP contribution in [0.25, 0.3) is 0 Å². The van der Waals surface area contributed by atoms with Gasteiger partial charge < -0.3 is 37.2 Å². The number of hydrogen-bond donors (Lipinski definition) is 0. The van der Waals surface area contributed by atoms with Crippen molar-refractivity contribution in [1.29, 1.82) is 0 Å². The Kier molecular flexibility index (Phi) is 14.0. The molecule has 0 aliphatic heterocycles. The fourth-order valence-corrected chi connectivity index (χ4v) is 5.70. The molecule has 0 unspecified atom stereocenters. The van der Waals surface area contributed by atoms with Crippen LogP contribution in [0.3, 0.4) is 0 Å². The maximum absolute atomic E-state index is 3.57. The molecule has 1 aliphatic rings. The molecule has 132 valence electrons. The first kappa shape index (κ1) is 29.5. The van der Waals surface area contributed by atoms with E-state index in [-0.39, 0.29) is 58.9 Å². The maximum atomic E-state index is 3.57. The molecule has 0 saturated heterocycles. The summed E-state index contributed by atoms with van der Waals surface area (Å²) < 4.78 is 0. The number of hydrogen-bond acceptors (Lipinski definition) is 0. The smallest absolute Gasteiger partial charge is 1.00 e. The molecule has 0 nitrogen and oxygen atoms in total. The minimum absolute atomic E-state index is 0. The molecule has 0 N–H and O–H groups in total. The third-order valence-electron chi connectivity index (χ3n) is 3.96. The summed E-state index contributed by atoms with van der Waals surface area (Å²) in [6.07, 6.45) is 8.05. The van der Waals surface area contributed by atoms with Crippen molar-refractivity contribution in [3.63, 3.8) is 0 Å². The largest absolute Gasteiger partial charge is 4.00 e. The molecule has 2 rings (SSSR count). The molecule has 0 bridgehead atoms. The predicted molar refractivity (Wildman–Crippen MR) is 95.9 cm³/mol. The van der Waals surface area contributed by atoms with E-state index in [1.807, 2.05) is 0 Å². The SMILES string of the molecule is C[Si](C)(C)C1=CC[C-]=C1Cc1ccc([Si](C)(C)C)cc1.[Cl-].[Cl-].[Cl-].[Ti+4]. The minimum Gasteiger partial charge on any atom is -1.00 e. The van der Waals surface area contributed by atoms with Crippen LogP contribution in [0, 0.1) is 6.08 Å². The summed E-state index contributed by atoms with van der Waals surface area (Å²) in [4.78, 5) is 0. The Morgan fingerprint density at radius 1 is 0.833 bits per heavy atom. The quantitative estimate of drug-likeness (QED) is 0.320. The summed E-state index contributed by atoms with van der Waals surface area (Å²) in [7, 11) is -2.38. The number of rotatable bonds is 4. The number of allylic oxidation sites excluding steroid dienone is 4. The molecule has 24 heavy (non-hydrogen) atoms. The van der Waals surface area contributed by atoms with Gasteiger partial charge in [-0.15, -0.1) is 6.42 Å². The van der Waals surface area contributed by atoms with Crippen molar-refractivity contribution >= 4 is 21.3 Å². The van der Waals surface area contributed by atoms with Gasteiger partial charge in [0.25, 0.3) is 0 Å². The van der Waals surface area contributed by atoms with Crippen LogP contribution in [0.1, 0.15) is 12.0 Å². The van der Waals surface area contributed by atoms with Crippen LogP contribution < -0.4 is 42.4 Å². The molecule has 0 atom stereocenters. The fraction of sp³-hybridized carbons (Fsp3) is 0.444. The Hall–Kier alpha value is 0.718. The van der Waals surface area contributed by atoms with Gasteiger partial charge in [0.1, 0.15) is 0 Å². The minimum atomic E-state index is -1.21. The van der Waals surface area contributed by atoms with Gasteiger partial charge in [-0.2, -0.15) is 6.08 Å². The van der Waals surface area contributed by atoms with Crippen LogP contribution in [0.5, 0.6) is 0 Å². The number of benzene rings is 1. The first-order valence-corrected chi connectivity index (χ1v) is 14.6. The monoisotopic (exact) mass is 452 g/mol. The number of halogens is 3. The molecular weight excluding hydrogens is 427 g/mol. The molecule has 0 aromatic heterocycles. The Morgan fingerprint density at radius 2 is 1.33 bits per heavy atom. The molecule has 0 amide bonds. The first-order chi connectivity index (χ1) is 9.18. The summed E-state index contributed by atoms with van der Waals surface area (Å²) in [6, 6.07) is 9.33. The van der Waals surface area contributed by atoms with E-state index in [0.29, 0.717) is 0 Å². The van der Waals surface area contributed by atoms with Crippen LogP contribution in [-0.4, -0.2) is 16.1 Å². The van der Waals surface area contributed by atoms with Crippen molar-refractivity contribution in [2.75, 3.05) is 0 Å². The van der Waals surface area contributed by atoms with E-state index in [1.54, 1.807) is 10.4 Å². The average Bonchev–Trinajstić information content (AvgIpc) is 2.76. The van der Waals surface area contributed by atoms with Crippen LogP contribution in [0.2, 0.25) is 39.3 Å². The molecule has 1 aromatic carbocycles. The van der Waals surface area contributed by atoms with E-state index in [1.165, 1.54) is 11.1 Å². The molecule has 0 radical (unpaired) electrons. The van der Waals surface area contributed by atoms with Gasteiger partial charge in [0.2, 0.25) is 0 Å². The van der Waals surface area contributed by atoms with Gasteiger partial charge in [0.15, 0.2) is 0 Å². The van der Waals surface area contributed by atoms with Crippen LogP contribution >= 0.6 is 0 Å². The summed E-state index contributed by atoms with van der Waals surface area (Å²) in [5.74, 6) is 0. The van der Waals surface area contributed by atoms with E-state index in [4.69, 9.17) is 0 Å². The van der Waals surface area contributed by atoms with Crippen LogP contribution in [0.15, 0.2) is 41.1 Å². The molecule has 0 saturated carbocycles. The van der Waals surface area contributed by atoms with Crippen molar-refractivity contribution in [3.05, 3.63) is 52.8 Å². The van der Waals surface area contributed by atoms with Gasteiger partial charge in [0.05, 0.1) is 8.07 Å². The Balaban J connectivity index is -0.00000110. The molecule has 6 heteroatoms. The fourth-order valence-electron chi connectivity index (χ4n) is 2.74. The topological polar surface area (TPSA) is 0 Å². The van der Waals surface area contributed by atoms with Gasteiger partial charge in [-0.05, 0) is 20.1 Å². The van der Waals surface area contributed by atoms with E-state index < -0.39 is 16.1 Å². The zero-order valence-electron chi connectivity index (χ0n) is 15.4. The standard InChI is InChI=1S/C18H27Si2.3ClH.Ti/c1-19(2,3)17-12-10-15(11-13-17)14-16-8-7-9-18(16)20(4,5)6;;;;/h9-13H,7,14H2,1-6H3;3*1H;/q-1;;;;+4/p-3. The van der Waals surface area contributed by atoms with Crippen molar-refractivity contribution < 1.29 is 58.9 Å². The summed E-state index contributed by atoms with van der Waals surface area (Å²) in [6.45, 7) is 14.5. The third-order valence-corrected chi connectivity index (χ3v) is 8.14. The van der Waals surface area contributed by atoms with E-state index in [2.05, 4.69) is 75.7 Å². The molecule has 0 heterocycles. The van der Waals surface area contributed by atoms with Gasteiger partial charge in [0, 0.05) is 0 Å². The van der Waals surface area contributed by atoms with Crippen LogP contribution in [0.4, 0.5) is 0 Å². The normalized spacial score (nSPS) is 13.4. The summed E-state index contributed by atoms with van der Waals surface area (Å²) in [5.41, 5.74) is 2.89. The predicted octanol–water partition coefficient (Wildman–Crippen LogP) is -4.28. The maximum Gasteiger partial charge on any atom is 4.00 e. The Labute approximate surface area is 184 Å². The van der Waals surface area contributed by atoms with Crippen LogP contribution in [-0.2, 0) is 28.1 Å². The Morgan fingerprint density at radius 3 is 1.75 bits per heavy atom. The first-order valence-electron chi connectivity index (χ1n) is 7.58. The van der Waals surface area contributed by atoms with Gasteiger partial charge in [-0.1, -0.05) is 68.7 Å². The van der Waals surface area contributed by atoms with Crippen molar-refractivity contribution in [2.45, 2.75) is 52.1 Å². The van der Waals surface area contributed by atoms with Gasteiger partial charge in [-0.25, -0.2) is 10.8 Å². The van der Waals surface area contributed by atoms with E-state index in [9.17, 15) is 0 Å². The van der Waals surface area contributed by atoms with Crippen molar-refractivity contribution in [1.82, 2.24) is 0 Å². The van der Waals surface area contributed by atoms with E-state index in [0.717, 1.165) is 12.8 Å². The summed E-state index contributed by atoms with van der Waals surface area (Å²) in [5, 5.41) is 3.17. The second-order valence-corrected chi connectivity index (χ2v) is 18.0. The van der Waals surface area contributed by atoms with Crippen molar-refractivity contribution in [2.24, 2.45) is 0 Å². The van der Waals surface area contributed by atoms with Crippen molar-refractivity contribution in [3.8, 4) is 0 Å². The molecule has 1 aliphatic carbocycles. The molecular formula is C18H27Cl3Si2Ti. The molecule has 0 spiro atoms. The Bertz CT molecular complexity index is 553. The molecule has 0 fully saturated rings. The molecule has 1 aromatic rings. The van der Waals surface area contributed by atoms with Gasteiger partial charge >= 0.3 is 21.7 Å². The zero-order chi connectivity index (χ0) is 15.0.